The molecule has 3 heteroatoms. The van der Waals surface area contributed by atoms with E-state index in [2.05, 4.69) is 48.3 Å². The van der Waals surface area contributed by atoms with Gasteiger partial charge in [-0.1, -0.05) is 20.3 Å². The lowest BCUT2D eigenvalue weighted by Crippen LogP contribution is -2.21. The molecule has 0 saturated carbocycles. The Morgan fingerprint density at radius 1 is 1.37 bits per heavy atom. The van der Waals surface area contributed by atoms with E-state index in [-0.39, 0.29) is 5.41 Å². The lowest BCUT2D eigenvalue weighted by atomic mass is 9.89. The third-order valence-corrected chi connectivity index (χ3v) is 3.30. The Morgan fingerprint density at radius 2 is 2.11 bits per heavy atom. The summed E-state index contributed by atoms with van der Waals surface area (Å²) < 4.78 is 2.25. The molecule has 1 aromatic rings. The maximum atomic E-state index is 8.96. The average molecular weight is 261 g/mol. The van der Waals surface area contributed by atoms with Gasteiger partial charge in [-0.3, -0.25) is 0 Å². The summed E-state index contributed by atoms with van der Waals surface area (Å²) in [4.78, 5) is 0. The van der Waals surface area contributed by atoms with Gasteiger partial charge in [0.2, 0.25) is 0 Å². The van der Waals surface area contributed by atoms with Crippen LogP contribution in [0.2, 0.25) is 0 Å². The van der Waals surface area contributed by atoms with E-state index in [9.17, 15) is 0 Å². The summed E-state index contributed by atoms with van der Waals surface area (Å²) in [5.41, 5.74) is 1.16. The molecule has 19 heavy (non-hydrogen) atoms. The van der Waals surface area contributed by atoms with Crippen molar-refractivity contribution in [1.82, 2.24) is 9.88 Å². The summed E-state index contributed by atoms with van der Waals surface area (Å²) in [6, 6.07) is 5.06. The second-order valence-corrected chi connectivity index (χ2v) is 6.25. The quantitative estimate of drug-likeness (QED) is 0.725. The van der Waals surface area contributed by atoms with Crippen molar-refractivity contribution in [3.8, 4) is 6.07 Å². The minimum Gasteiger partial charge on any atom is -0.354 e. The molecule has 0 unspecified atom stereocenters. The van der Waals surface area contributed by atoms with E-state index in [0.717, 1.165) is 32.4 Å². The van der Waals surface area contributed by atoms with Gasteiger partial charge >= 0.3 is 0 Å². The Bertz CT molecular complexity index is 410. The van der Waals surface area contributed by atoms with Crippen molar-refractivity contribution < 1.29 is 0 Å². The molecule has 1 aromatic heterocycles. The van der Waals surface area contributed by atoms with Crippen molar-refractivity contribution in [3.05, 3.63) is 24.0 Å². The molecule has 0 spiro atoms. The molecule has 0 aliphatic rings. The summed E-state index contributed by atoms with van der Waals surface area (Å²) in [5.74, 6) is 0. The smallest absolute Gasteiger partial charge is 0.0683 e. The van der Waals surface area contributed by atoms with Gasteiger partial charge in [-0.25, -0.2) is 0 Å². The predicted molar refractivity (Wildman–Crippen MR) is 79.7 cm³/mol. The molecule has 0 atom stereocenters. The average Bonchev–Trinajstić information content (AvgIpc) is 2.80. The van der Waals surface area contributed by atoms with Crippen LogP contribution in [-0.4, -0.2) is 10.6 Å². The maximum Gasteiger partial charge on any atom is 0.0683 e. The van der Waals surface area contributed by atoms with Crippen LogP contribution in [0.25, 0.3) is 0 Å². The van der Waals surface area contributed by atoms with E-state index in [1.54, 1.807) is 0 Å². The van der Waals surface area contributed by atoms with Crippen molar-refractivity contribution >= 4 is 0 Å². The summed E-state index contributed by atoms with van der Waals surface area (Å²) in [6.07, 6.45) is 7.58. The number of nitriles is 1. The Hall–Kier alpha value is -1.27. The molecule has 3 nitrogen and oxygen atoms in total. The topological polar surface area (TPSA) is 40.8 Å². The molecule has 0 fully saturated rings. The van der Waals surface area contributed by atoms with Crippen molar-refractivity contribution in [2.45, 2.75) is 66.1 Å². The van der Waals surface area contributed by atoms with Crippen molar-refractivity contribution in [2.24, 2.45) is 5.41 Å². The standard InChI is InChI=1S/C16H27N3/c1-14(2)18-11-15-7-10-19(12-15)9-6-5-8-16(3,4)13-17/h7,10,12,14,18H,5-6,8-9,11H2,1-4H3. The van der Waals surface area contributed by atoms with E-state index in [1.165, 1.54) is 5.56 Å². The van der Waals surface area contributed by atoms with Gasteiger partial charge in [0.15, 0.2) is 0 Å². The third kappa shape index (κ3) is 6.45. The Balaban J connectivity index is 2.25. The molecule has 0 aliphatic heterocycles. The van der Waals surface area contributed by atoms with Gasteiger partial charge in [-0.05, 0) is 38.3 Å². The van der Waals surface area contributed by atoms with Crippen molar-refractivity contribution in [1.29, 1.82) is 5.26 Å². The molecule has 0 radical (unpaired) electrons. The number of aromatic nitrogens is 1. The van der Waals surface area contributed by atoms with Gasteiger partial charge in [-0.2, -0.15) is 5.26 Å². The van der Waals surface area contributed by atoms with Crippen LogP contribution in [0, 0.1) is 16.7 Å². The Labute approximate surface area is 117 Å². The third-order valence-electron chi connectivity index (χ3n) is 3.30. The fourth-order valence-electron chi connectivity index (χ4n) is 1.97. The number of rotatable bonds is 8. The number of aryl methyl sites for hydroxylation is 1. The molecule has 0 aromatic carbocycles. The van der Waals surface area contributed by atoms with Crippen LogP contribution in [0.1, 0.15) is 52.5 Å². The van der Waals surface area contributed by atoms with Gasteiger partial charge in [-0.15, -0.1) is 0 Å². The highest BCUT2D eigenvalue weighted by molar-refractivity contribution is 5.09. The summed E-state index contributed by atoms with van der Waals surface area (Å²) in [5, 5.41) is 12.4. The Morgan fingerprint density at radius 3 is 2.74 bits per heavy atom. The van der Waals surface area contributed by atoms with E-state index in [1.807, 2.05) is 13.8 Å². The first-order chi connectivity index (χ1) is 8.93. The largest absolute Gasteiger partial charge is 0.354 e. The predicted octanol–water partition coefficient (Wildman–Crippen LogP) is 3.71. The first-order valence-corrected chi connectivity index (χ1v) is 7.22. The number of nitrogens with zero attached hydrogens (tertiary/aromatic N) is 2. The number of hydrogen-bond acceptors (Lipinski definition) is 2. The molecule has 0 saturated heterocycles. The number of unbranched alkanes of at least 4 members (excludes halogenated alkanes) is 1. The first-order valence-electron chi connectivity index (χ1n) is 7.22. The second kappa shape index (κ2) is 7.35. The zero-order chi connectivity index (χ0) is 14.3. The fourth-order valence-corrected chi connectivity index (χ4v) is 1.97. The van der Waals surface area contributed by atoms with E-state index in [0.29, 0.717) is 6.04 Å². The minimum atomic E-state index is -0.178. The molecule has 0 aliphatic carbocycles. The fraction of sp³-hybridized carbons (Fsp3) is 0.688. The van der Waals surface area contributed by atoms with Crippen LogP contribution in [0.3, 0.4) is 0 Å². The van der Waals surface area contributed by atoms with Gasteiger partial charge in [0.25, 0.3) is 0 Å². The molecule has 0 amide bonds. The monoisotopic (exact) mass is 261 g/mol. The second-order valence-electron chi connectivity index (χ2n) is 6.25. The molecule has 106 valence electrons. The van der Waals surface area contributed by atoms with Gasteiger partial charge in [0.1, 0.15) is 0 Å². The van der Waals surface area contributed by atoms with Crippen LogP contribution in [0.15, 0.2) is 18.5 Å². The van der Waals surface area contributed by atoms with Crippen LogP contribution in [-0.2, 0) is 13.1 Å². The zero-order valence-electron chi connectivity index (χ0n) is 12.7. The first kappa shape index (κ1) is 15.8. The highest BCUT2D eigenvalue weighted by Gasteiger charge is 2.15. The van der Waals surface area contributed by atoms with Crippen LogP contribution < -0.4 is 5.32 Å². The highest BCUT2D eigenvalue weighted by Crippen LogP contribution is 2.21. The van der Waals surface area contributed by atoms with E-state index >= 15 is 0 Å². The highest BCUT2D eigenvalue weighted by atomic mass is 14.9. The summed E-state index contributed by atoms with van der Waals surface area (Å²) in [7, 11) is 0. The zero-order valence-corrected chi connectivity index (χ0v) is 12.7. The minimum absolute atomic E-state index is 0.178. The molecular formula is C16H27N3. The molecular weight excluding hydrogens is 234 g/mol. The lowest BCUT2D eigenvalue weighted by molar-refractivity contribution is 0.417. The van der Waals surface area contributed by atoms with Gasteiger partial charge < -0.3 is 9.88 Å². The van der Waals surface area contributed by atoms with Crippen LogP contribution in [0.4, 0.5) is 0 Å². The van der Waals surface area contributed by atoms with E-state index in [4.69, 9.17) is 5.26 Å². The van der Waals surface area contributed by atoms with Gasteiger partial charge in [0, 0.05) is 31.5 Å². The SMILES string of the molecule is CC(C)NCc1ccn(CCCCC(C)(C)C#N)c1. The molecule has 1 N–H and O–H groups in total. The van der Waals surface area contributed by atoms with Crippen molar-refractivity contribution in [3.63, 3.8) is 0 Å². The molecule has 0 bridgehead atoms. The van der Waals surface area contributed by atoms with Crippen LogP contribution >= 0.6 is 0 Å². The maximum absolute atomic E-state index is 8.96. The van der Waals surface area contributed by atoms with E-state index < -0.39 is 0 Å². The summed E-state index contributed by atoms with van der Waals surface area (Å²) in [6.45, 7) is 10.3. The molecule has 1 rings (SSSR count). The lowest BCUT2D eigenvalue weighted by Gasteiger charge is -2.14. The summed E-state index contributed by atoms with van der Waals surface area (Å²) >= 11 is 0. The van der Waals surface area contributed by atoms with Crippen molar-refractivity contribution in [2.75, 3.05) is 0 Å². The molecule has 1 heterocycles. The normalized spacial score (nSPS) is 11.8. The van der Waals surface area contributed by atoms with Gasteiger partial charge in [0.05, 0.1) is 11.5 Å². The Kier molecular flexibility index (Phi) is 6.11. The van der Waals surface area contributed by atoms with Crippen LogP contribution in [0.5, 0.6) is 0 Å². The number of nitrogens with one attached hydrogen (secondary N) is 1. The number of hydrogen-bond donors (Lipinski definition) is 1.